The zero-order valence-corrected chi connectivity index (χ0v) is 17.5. The Morgan fingerprint density at radius 1 is 1.10 bits per heavy atom. The third-order valence-corrected chi connectivity index (χ3v) is 5.28. The van der Waals surface area contributed by atoms with Gasteiger partial charge in [0, 0.05) is 30.2 Å². The van der Waals surface area contributed by atoms with Crippen molar-refractivity contribution in [2.75, 3.05) is 13.2 Å². The molecule has 0 fully saturated rings. The van der Waals surface area contributed by atoms with Crippen molar-refractivity contribution in [1.82, 2.24) is 24.3 Å². The average Bonchev–Trinajstić information content (AvgIpc) is 3.02. The highest BCUT2D eigenvalue weighted by Gasteiger charge is 2.18. The first-order valence-corrected chi connectivity index (χ1v) is 9.98. The van der Waals surface area contributed by atoms with Gasteiger partial charge in [0.25, 0.3) is 0 Å². The van der Waals surface area contributed by atoms with Gasteiger partial charge in [-0.1, -0.05) is 12.1 Å². The average molecular weight is 407 g/mol. The Morgan fingerprint density at radius 2 is 1.87 bits per heavy atom. The van der Waals surface area contributed by atoms with Crippen LogP contribution >= 0.6 is 0 Å². The summed E-state index contributed by atoms with van der Waals surface area (Å²) in [5.41, 5.74) is 4.73. The fourth-order valence-corrected chi connectivity index (χ4v) is 3.68. The summed E-state index contributed by atoms with van der Waals surface area (Å²) in [5, 5.41) is 18.4. The van der Waals surface area contributed by atoms with Gasteiger partial charge in [0.15, 0.2) is 5.65 Å². The number of benzene rings is 1. The lowest BCUT2D eigenvalue weighted by atomic mass is 10.0. The summed E-state index contributed by atoms with van der Waals surface area (Å²) in [4.78, 5) is 17.2. The predicted molar refractivity (Wildman–Crippen MR) is 115 cm³/mol. The topological polar surface area (TPSA) is 95.1 Å². The standard InChI is InChI=1S/C22H25N5O3/c1-13(2)27-20-17-11-15(5-8-19(17)24-25-21(20)26(4)22(27)29)16-6-7-18(23-12-16)14(3)30-10-9-28/h5-8,11-14,28H,9-10H2,1-4H3/t14-/m1/s1. The fourth-order valence-electron chi connectivity index (χ4n) is 3.68. The Balaban J connectivity index is 1.82. The number of pyridine rings is 1. The van der Waals surface area contributed by atoms with E-state index in [1.165, 1.54) is 0 Å². The van der Waals surface area contributed by atoms with Gasteiger partial charge in [-0.3, -0.25) is 14.1 Å². The second-order valence-electron chi connectivity index (χ2n) is 7.62. The highest BCUT2D eigenvalue weighted by molar-refractivity contribution is 6.02. The first-order chi connectivity index (χ1) is 14.4. The Bertz CT molecular complexity index is 1260. The van der Waals surface area contributed by atoms with Crippen LogP contribution in [0.1, 0.15) is 38.6 Å². The number of aliphatic hydroxyl groups is 1. The summed E-state index contributed by atoms with van der Waals surface area (Å²) in [7, 11) is 1.72. The number of nitrogens with zero attached hydrogens (tertiary/aromatic N) is 5. The minimum Gasteiger partial charge on any atom is -0.394 e. The highest BCUT2D eigenvalue weighted by Crippen LogP contribution is 2.29. The van der Waals surface area contributed by atoms with Crippen LogP contribution in [0.25, 0.3) is 33.2 Å². The normalized spacial score (nSPS) is 12.9. The number of aryl methyl sites for hydroxylation is 1. The summed E-state index contributed by atoms with van der Waals surface area (Å²) in [6.07, 6.45) is 1.62. The summed E-state index contributed by atoms with van der Waals surface area (Å²) in [6.45, 7) is 6.14. The van der Waals surface area contributed by atoms with Gasteiger partial charge >= 0.3 is 5.69 Å². The van der Waals surface area contributed by atoms with Crippen LogP contribution in [0.3, 0.4) is 0 Å². The largest absolute Gasteiger partial charge is 0.394 e. The van der Waals surface area contributed by atoms with E-state index in [4.69, 9.17) is 9.84 Å². The van der Waals surface area contributed by atoms with Crippen LogP contribution in [0.2, 0.25) is 0 Å². The van der Waals surface area contributed by atoms with Gasteiger partial charge in [-0.15, -0.1) is 10.2 Å². The van der Waals surface area contributed by atoms with Crippen molar-refractivity contribution >= 4 is 22.1 Å². The number of rotatable bonds is 6. The molecule has 0 radical (unpaired) electrons. The van der Waals surface area contributed by atoms with Gasteiger partial charge in [-0.25, -0.2) is 4.79 Å². The minimum atomic E-state index is -0.192. The monoisotopic (exact) mass is 407 g/mol. The predicted octanol–water partition coefficient (Wildman–Crippen LogP) is 3.00. The molecule has 3 heterocycles. The van der Waals surface area contributed by atoms with Gasteiger partial charge in [-0.05, 0) is 44.5 Å². The molecule has 3 aromatic heterocycles. The molecule has 1 aromatic carbocycles. The summed E-state index contributed by atoms with van der Waals surface area (Å²) < 4.78 is 8.82. The molecule has 0 bridgehead atoms. The molecule has 0 aliphatic carbocycles. The molecule has 30 heavy (non-hydrogen) atoms. The van der Waals surface area contributed by atoms with E-state index in [2.05, 4.69) is 15.2 Å². The van der Waals surface area contributed by atoms with E-state index in [0.717, 1.165) is 33.2 Å². The van der Waals surface area contributed by atoms with Crippen molar-refractivity contribution < 1.29 is 9.84 Å². The number of aromatic nitrogens is 5. The van der Waals surface area contributed by atoms with Crippen molar-refractivity contribution in [1.29, 1.82) is 0 Å². The van der Waals surface area contributed by atoms with Gasteiger partial charge in [0.2, 0.25) is 0 Å². The third kappa shape index (κ3) is 3.38. The number of imidazole rings is 1. The van der Waals surface area contributed by atoms with E-state index in [1.54, 1.807) is 16.2 Å². The first kappa shape index (κ1) is 20.2. The maximum absolute atomic E-state index is 12.7. The molecular formula is C22H25N5O3. The number of hydrogen-bond acceptors (Lipinski definition) is 6. The van der Waals surface area contributed by atoms with E-state index >= 15 is 0 Å². The van der Waals surface area contributed by atoms with Crippen LogP contribution in [0.15, 0.2) is 41.3 Å². The zero-order valence-electron chi connectivity index (χ0n) is 17.5. The lowest BCUT2D eigenvalue weighted by Gasteiger charge is -2.12. The van der Waals surface area contributed by atoms with Crippen molar-refractivity contribution in [3.8, 4) is 11.1 Å². The van der Waals surface area contributed by atoms with Crippen LogP contribution in [0, 0.1) is 0 Å². The van der Waals surface area contributed by atoms with E-state index in [9.17, 15) is 4.79 Å². The maximum atomic E-state index is 12.7. The molecule has 8 heteroatoms. The summed E-state index contributed by atoms with van der Waals surface area (Å²) >= 11 is 0. The fraction of sp³-hybridized carbons (Fsp3) is 0.364. The molecular weight excluding hydrogens is 382 g/mol. The first-order valence-electron chi connectivity index (χ1n) is 9.98. The van der Waals surface area contributed by atoms with Crippen LogP contribution in [0.5, 0.6) is 0 Å². The molecule has 0 spiro atoms. The van der Waals surface area contributed by atoms with Crippen LogP contribution in [-0.4, -0.2) is 42.6 Å². The quantitative estimate of drug-likeness (QED) is 0.528. The SMILES string of the molecule is CC(C)n1c(=O)n(C)c2nnc3ccc(-c4ccc([C@@H](C)OCCO)nc4)cc3c21. The molecule has 4 rings (SSSR count). The van der Waals surface area contributed by atoms with E-state index in [0.29, 0.717) is 5.65 Å². The maximum Gasteiger partial charge on any atom is 0.330 e. The molecule has 8 nitrogen and oxygen atoms in total. The lowest BCUT2D eigenvalue weighted by molar-refractivity contribution is 0.0362. The smallest absolute Gasteiger partial charge is 0.330 e. The molecule has 1 N–H and O–H groups in total. The van der Waals surface area contributed by atoms with Crippen LogP contribution in [0.4, 0.5) is 0 Å². The molecule has 156 valence electrons. The molecule has 4 aromatic rings. The minimum absolute atomic E-state index is 0.00128. The van der Waals surface area contributed by atoms with Crippen molar-refractivity contribution in [3.05, 3.63) is 52.7 Å². The Kier molecular flexibility index (Phi) is 5.36. The number of aliphatic hydroxyl groups excluding tert-OH is 1. The molecule has 0 amide bonds. The van der Waals surface area contributed by atoms with Crippen LogP contribution < -0.4 is 5.69 Å². The van der Waals surface area contributed by atoms with Crippen molar-refractivity contribution in [3.63, 3.8) is 0 Å². The summed E-state index contributed by atoms with van der Waals surface area (Å²) in [5.74, 6) is 0. The van der Waals surface area contributed by atoms with Crippen LogP contribution in [-0.2, 0) is 11.8 Å². The molecule has 0 unspecified atom stereocenters. The van der Waals surface area contributed by atoms with E-state index < -0.39 is 0 Å². The molecule has 0 aliphatic rings. The Hall–Kier alpha value is -3.10. The van der Waals surface area contributed by atoms with E-state index in [-0.39, 0.29) is 31.0 Å². The van der Waals surface area contributed by atoms with Crippen molar-refractivity contribution in [2.24, 2.45) is 7.05 Å². The molecule has 0 saturated heterocycles. The second-order valence-corrected chi connectivity index (χ2v) is 7.62. The number of fused-ring (bicyclic) bond motifs is 3. The number of ether oxygens (including phenoxy) is 1. The van der Waals surface area contributed by atoms with Gasteiger partial charge in [-0.2, -0.15) is 0 Å². The molecule has 0 aliphatic heterocycles. The van der Waals surface area contributed by atoms with Gasteiger partial charge in [0.1, 0.15) is 5.52 Å². The Labute approximate surface area is 173 Å². The Morgan fingerprint density at radius 3 is 2.53 bits per heavy atom. The van der Waals surface area contributed by atoms with Crippen molar-refractivity contribution in [2.45, 2.75) is 32.9 Å². The highest BCUT2D eigenvalue weighted by atomic mass is 16.5. The van der Waals surface area contributed by atoms with Gasteiger partial charge in [0.05, 0.1) is 30.5 Å². The third-order valence-electron chi connectivity index (χ3n) is 5.28. The summed E-state index contributed by atoms with van der Waals surface area (Å²) in [6, 6.07) is 9.85. The van der Waals surface area contributed by atoms with Gasteiger partial charge < -0.3 is 9.84 Å². The lowest BCUT2D eigenvalue weighted by Crippen LogP contribution is -2.23. The second kappa shape index (κ2) is 7.97. The zero-order chi connectivity index (χ0) is 21.4. The van der Waals surface area contributed by atoms with E-state index in [1.807, 2.05) is 57.3 Å². The number of hydrogen-bond donors (Lipinski definition) is 1. The molecule has 1 atom stereocenters. The molecule has 0 saturated carbocycles.